The first-order valence-corrected chi connectivity index (χ1v) is 7.86. The lowest BCUT2D eigenvalue weighted by molar-refractivity contribution is 0.476. The Kier molecular flexibility index (Phi) is 12.9. The predicted molar refractivity (Wildman–Crippen MR) is 75.6 cm³/mol. The maximum Gasteiger partial charge on any atom is -0.0353 e. The fourth-order valence-electron chi connectivity index (χ4n) is 2.06. The number of hydrogen-bond acceptors (Lipinski definition) is 0. The molecule has 0 saturated carbocycles. The van der Waals surface area contributed by atoms with Crippen LogP contribution in [0.2, 0.25) is 0 Å². The Morgan fingerprint density at radius 3 is 1.80 bits per heavy atom. The molecule has 0 amide bonds. The first kappa shape index (κ1) is 15.4. The minimum atomic E-state index is 0.968. The minimum Gasteiger partial charge on any atom is -0.137 e. The van der Waals surface area contributed by atoms with Gasteiger partial charge in [0, 0.05) is 0 Å². The molecule has 0 aromatic heterocycles. The molecule has 0 bridgehead atoms. The zero-order chi connectivity index (χ0) is 11.4. The molecule has 0 heterocycles. The van der Waals surface area contributed by atoms with Crippen molar-refractivity contribution in [3.05, 3.63) is 0 Å². The van der Waals surface area contributed by atoms with Crippen LogP contribution in [-0.2, 0) is 0 Å². The summed E-state index contributed by atoms with van der Waals surface area (Å²) in [5.74, 6) is 0.968. The monoisotopic (exact) mass is 230 g/mol. The van der Waals surface area contributed by atoms with Crippen LogP contribution in [0.3, 0.4) is 0 Å². The van der Waals surface area contributed by atoms with Crippen LogP contribution in [0.4, 0.5) is 0 Å². The molecular formula is C14H31P. The van der Waals surface area contributed by atoms with Crippen molar-refractivity contribution in [1.82, 2.24) is 0 Å². The Labute approximate surface area is 99.8 Å². The first-order valence-electron chi connectivity index (χ1n) is 7.05. The molecule has 92 valence electrons. The van der Waals surface area contributed by atoms with Crippen LogP contribution in [-0.4, -0.2) is 6.16 Å². The fraction of sp³-hybridized carbons (Fsp3) is 1.00. The summed E-state index contributed by atoms with van der Waals surface area (Å²) >= 11 is 0. The lowest BCUT2D eigenvalue weighted by Crippen LogP contribution is -1.99. The van der Waals surface area contributed by atoms with Gasteiger partial charge in [-0.2, -0.15) is 0 Å². The normalized spacial score (nSPS) is 13.0. The number of unbranched alkanes of at least 4 members (excludes halogenated alkanes) is 7. The molecule has 0 nitrogen and oxygen atoms in total. The molecule has 0 aliphatic heterocycles. The third-order valence-corrected chi connectivity index (χ3v) is 4.04. The summed E-state index contributed by atoms with van der Waals surface area (Å²) in [6, 6.07) is 0. The average Bonchev–Trinajstić information content (AvgIpc) is 2.27. The van der Waals surface area contributed by atoms with E-state index in [-0.39, 0.29) is 0 Å². The molecule has 0 fully saturated rings. The summed E-state index contributed by atoms with van der Waals surface area (Å²) in [5, 5.41) is 0. The zero-order valence-electron chi connectivity index (χ0n) is 10.9. The molecule has 0 aromatic rings. The van der Waals surface area contributed by atoms with Crippen LogP contribution in [0.25, 0.3) is 0 Å². The lowest BCUT2D eigenvalue weighted by atomic mass is 9.99. The highest BCUT2D eigenvalue weighted by atomic mass is 31.0. The molecule has 0 aromatic carbocycles. The second-order valence-electron chi connectivity index (χ2n) is 4.77. The summed E-state index contributed by atoms with van der Waals surface area (Å²) in [6.07, 6.45) is 15.7. The quantitative estimate of drug-likeness (QED) is 0.328. The van der Waals surface area contributed by atoms with E-state index in [2.05, 4.69) is 23.1 Å². The van der Waals surface area contributed by atoms with Crippen molar-refractivity contribution in [2.75, 3.05) is 6.16 Å². The lowest BCUT2D eigenvalue weighted by Gasteiger charge is -2.11. The molecule has 0 aliphatic carbocycles. The standard InChI is InChI=1S/C14H31P/c1-3-5-6-7-8-9-10-11-12-14(4-2)13-15/h14H,3-13,15H2,1-2H3. The van der Waals surface area contributed by atoms with E-state index in [1.165, 1.54) is 70.4 Å². The Morgan fingerprint density at radius 2 is 1.33 bits per heavy atom. The van der Waals surface area contributed by atoms with Crippen molar-refractivity contribution in [2.45, 2.75) is 78.1 Å². The second kappa shape index (κ2) is 12.5. The van der Waals surface area contributed by atoms with Gasteiger partial charge in [-0.15, -0.1) is 9.24 Å². The molecule has 15 heavy (non-hydrogen) atoms. The molecule has 0 saturated heterocycles. The molecular weight excluding hydrogens is 199 g/mol. The Hall–Kier alpha value is 0.430. The van der Waals surface area contributed by atoms with E-state index in [1.807, 2.05) is 0 Å². The smallest absolute Gasteiger partial charge is 0.0353 e. The van der Waals surface area contributed by atoms with Crippen molar-refractivity contribution < 1.29 is 0 Å². The highest BCUT2D eigenvalue weighted by Crippen LogP contribution is 2.17. The molecule has 0 aliphatic rings. The van der Waals surface area contributed by atoms with Crippen molar-refractivity contribution >= 4 is 9.24 Å². The summed E-state index contributed by atoms with van der Waals surface area (Å²) in [6.45, 7) is 4.60. The molecule has 0 radical (unpaired) electrons. The minimum absolute atomic E-state index is 0.968. The Balaban J connectivity index is 3.04. The third kappa shape index (κ3) is 10.7. The fourth-order valence-corrected chi connectivity index (χ4v) is 2.62. The van der Waals surface area contributed by atoms with Gasteiger partial charge in [-0.1, -0.05) is 78.1 Å². The number of hydrogen-bond donors (Lipinski definition) is 0. The molecule has 1 heteroatoms. The largest absolute Gasteiger partial charge is 0.137 e. The third-order valence-electron chi connectivity index (χ3n) is 3.38. The van der Waals surface area contributed by atoms with Gasteiger partial charge in [0.25, 0.3) is 0 Å². The van der Waals surface area contributed by atoms with Gasteiger partial charge in [-0.25, -0.2) is 0 Å². The van der Waals surface area contributed by atoms with Gasteiger partial charge in [0.15, 0.2) is 0 Å². The van der Waals surface area contributed by atoms with E-state index in [0.29, 0.717) is 0 Å². The molecule has 2 unspecified atom stereocenters. The highest BCUT2D eigenvalue weighted by molar-refractivity contribution is 7.16. The first-order chi connectivity index (χ1) is 7.35. The van der Waals surface area contributed by atoms with E-state index in [9.17, 15) is 0 Å². The van der Waals surface area contributed by atoms with E-state index >= 15 is 0 Å². The Morgan fingerprint density at radius 1 is 0.800 bits per heavy atom. The van der Waals surface area contributed by atoms with E-state index < -0.39 is 0 Å². The van der Waals surface area contributed by atoms with Gasteiger partial charge >= 0.3 is 0 Å². The van der Waals surface area contributed by atoms with Crippen molar-refractivity contribution in [3.63, 3.8) is 0 Å². The maximum absolute atomic E-state index is 2.89. The Bertz CT molecular complexity index is 108. The molecule has 0 spiro atoms. The van der Waals surface area contributed by atoms with E-state index in [0.717, 1.165) is 5.92 Å². The summed E-state index contributed by atoms with van der Waals surface area (Å²) in [5.41, 5.74) is 0. The maximum atomic E-state index is 2.89. The molecule has 2 atom stereocenters. The molecule has 0 N–H and O–H groups in total. The van der Waals surface area contributed by atoms with Gasteiger partial charge in [0.1, 0.15) is 0 Å². The zero-order valence-corrected chi connectivity index (χ0v) is 12.1. The SMILES string of the molecule is CCCCCCCCCCC(CC)CP. The van der Waals surface area contributed by atoms with Crippen LogP contribution < -0.4 is 0 Å². The van der Waals surface area contributed by atoms with E-state index in [1.54, 1.807) is 0 Å². The van der Waals surface area contributed by atoms with Crippen molar-refractivity contribution in [1.29, 1.82) is 0 Å². The van der Waals surface area contributed by atoms with Crippen LogP contribution >= 0.6 is 9.24 Å². The van der Waals surface area contributed by atoms with Gasteiger partial charge in [-0.05, 0) is 12.1 Å². The van der Waals surface area contributed by atoms with E-state index in [4.69, 9.17) is 0 Å². The van der Waals surface area contributed by atoms with Gasteiger partial charge in [-0.3, -0.25) is 0 Å². The summed E-state index contributed by atoms with van der Waals surface area (Å²) < 4.78 is 0. The average molecular weight is 230 g/mol. The van der Waals surface area contributed by atoms with Crippen LogP contribution in [0.5, 0.6) is 0 Å². The van der Waals surface area contributed by atoms with Crippen LogP contribution in [0.1, 0.15) is 78.1 Å². The van der Waals surface area contributed by atoms with Gasteiger partial charge < -0.3 is 0 Å². The van der Waals surface area contributed by atoms with Gasteiger partial charge in [0.2, 0.25) is 0 Å². The van der Waals surface area contributed by atoms with Crippen LogP contribution in [0.15, 0.2) is 0 Å². The predicted octanol–water partition coefficient (Wildman–Crippen LogP) is 5.42. The highest BCUT2D eigenvalue weighted by Gasteiger charge is 2.02. The summed E-state index contributed by atoms with van der Waals surface area (Å²) in [4.78, 5) is 0. The topological polar surface area (TPSA) is 0 Å². The second-order valence-corrected chi connectivity index (χ2v) is 5.24. The summed E-state index contributed by atoms with van der Waals surface area (Å²) in [7, 11) is 2.89. The molecule has 0 rings (SSSR count). The van der Waals surface area contributed by atoms with Crippen molar-refractivity contribution in [3.8, 4) is 0 Å². The van der Waals surface area contributed by atoms with Crippen molar-refractivity contribution in [2.24, 2.45) is 5.92 Å². The number of rotatable bonds is 11. The van der Waals surface area contributed by atoms with Gasteiger partial charge in [0.05, 0.1) is 0 Å². The van der Waals surface area contributed by atoms with Crippen LogP contribution in [0, 0.1) is 5.92 Å².